The Morgan fingerprint density at radius 3 is 2.94 bits per heavy atom. The Kier molecular flexibility index (Phi) is 2.56. The van der Waals surface area contributed by atoms with Crippen LogP contribution in [0.4, 0.5) is 0 Å². The molecule has 0 fully saturated rings. The van der Waals surface area contributed by atoms with Gasteiger partial charge in [0.15, 0.2) is 5.65 Å². The van der Waals surface area contributed by atoms with Gasteiger partial charge in [0, 0.05) is 7.05 Å². The Labute approximate surface area is 109 Å². The van der Waals surface area contributed by atoms with E-state index in [1.807, 2.05) is 0 Å². The van der Waals surface area contributed by atoms with E-state index in [0.29, 0.717) is 20.5 Å². The number of halogens is 1. The molecule has 0 atom stereocenters. The first-order chi connectivity index (χ1) is 8.65. The van der Waals surface area contributed by atoms with Gasteiger partial charge >= 0.3 is 0 Å². The third-order valence-electron chi connectivity index (χ3n) is 2.35. The lowest BCUT2D eigenvalue weighted by molar-refractivity contribution is 0.590. The normalized spacial score (nSPS) is 11.2. The van der Waals surface area contributed by atoms with Crippen LogP contribution >= 0.6 is 22.9 Å². The van der Waals surface area contributed by atoms with E-state index in [1.54, 1.807) is 7.05 Å². The molecule has 0 aliphatic heterocycles. The van der Waals surface area contributed by atoms with Crippen molar-refractivity contribution in [3.05, 3.63) is 26.0 Å². The molecular formula is C8H6ClN7OS. The topological polar surface area (TPSA) is 91.4 Å². The molecule has 0 amide bonds. The number of fused-ring (bicyclic) bond motifs is 1. The molecule has 0 N–H and O–H groups in total. The van der Waals surface area contributed by atoms with Gasteiger partial charge in [0.1, 0.15) is 16.9 Å². The highest BCUT2D eigenvalue weighted by molar-refractivity contribution is 7.15. The summed E-state index contributed by atoms with van der Waals surface area (Å²) >= 11 is 6.87. The van der Waals surface area contributed by atoms with E-state index in [-0.39, 0.29) is 12.1 Å². The average molecular weight is 284 g/mol. The van der Waals surface area contributed by atoms with E-state index in [1.165, 1.54) is 26.9 Å². The number of nitrogens with zero attached hydrogens (tertiary/aromatic N) is 7. The third-order valence-corrected chi connectivity index (χ3v) is 3.35. The van der Waals surface area contributed by atoms with Crippen molar-refractivity contribution in [3.8, 4) is 0 Å². The fourth-order valence-electron chi connectivity index (χ4n) is 1.51. The van der Waals surface area contributed by atoms with Gasteiger partial charge in [-0.25, -0.2) is 9.36 Å². The Morgan fingerprint density at radius 1 is 1.39 bits per heavy atom. The molecule has 3 aromatic rings. The highest BCUT2D eigenvalue weighted by atomic mass is 35.5. The summed E-state index contributed by atoms with van der Waals surface area (Å²) in [5.74, 6) is 0. The molecule has 3 aromatic heterocycles. The highest BCUT2D eigenvalue weighted by Crippen LogP contribution is 2.15. The van der Waals surface area contributed by atoms with Gasteiger partial charge < -0.3 is 0 Å². The van der Waals surface area contributed by atoms with Crippen molar-refractivity contribution in [2.45, 2.75) is 6.54 Å². The Bertz CT molecular complexity index is 775. The third kappa shape index (κ3) is 1.77. The summed E-state index contributed by atoms with van der Waals surface area (Å²) < 4.78 is 3.03. The smallest absolute Gasteiger partial charge is 0.267 e. The summed E-state index contributed by atoms with van der Waals surface area (Å²) in [6.07, 6.45) is 1.47. The molecule has 3 heterocycles. The van der Waals surface area contributed by atoms with Crippen molar-refractivity contribution in [2.75, 3.05) is 0 Å². The highest BCUT2D eigenvalue weighted by Gasteiger charge is 2.11. The maximum Gasteiger partial charge on any atom is 0.281 e. The first-order valence-electron chi connectivity index (χ1n) is 4.88. The zero-order chi connectivity index (χ0) is 12.7. The Hall–Kier alpha value is -1.87. The second-order valence-corrected chi connectivity index (χ2v) is 5.15. The van der Waals surface area contributed by atoms with Crippen LogP contribution in [0.1, 0.15) is 5.01 Å². The van der Waals surface area contributed by atoms with Crippen LogP contribution in [0.15, 0.2) is 11.0 Å². The quantitative estimate of drug-likeness (QED) is 0.661. The van der Waals surface area contributed by atoms with E-state index in [4.69, 9.17) is 11.6 Å². The minimum absolute atomic E-state index is 0.195. The molecule has 0 aromatic carbocycles. The first kappa shape index (κ1) is 11.2. The number of rotatable bonds is 2. The maximum absolute atomic E-state index is 12.1. The Balaban J connectivity index is 2.07. The van der Waals surface area contributed by atoms with Crippen molar-refractivity contribution in [2.24, 2.45) is 7.05 Å². The number of hydrogen-bond acceptors (Lipinski definition) is 7. The molecule has 0 saturated heterocycles. The van der Waals surface area contributed by atoms with Gasteiger partial charge in [0.2, 0.25) is 4.47 Å². The van der Waals surface area contributed by atoms with Crippen LogP contribution in [0.3, 0.4) is 0 Å². The summed E-state index contributed by atoms with van der Waals surface area (Å²) in [6.45, 7) is 0.195. The van der Waals surface area contributed by atoms with Gasteiger partial charge in [-0.05, 0) is 11.6 Å². The molecule has 0 radical (unpaired) electrons. The lowest BCUT2D eigenvalue weighted by atomic mass is 10.4. The number of aromatic nitrogens is 7. The van der Waals surface area contributed by atoms with E-state index in [0.717, 1.165) is 0 Å². The first-order valence-corrected chi connectivity index (χ1v) is 6.08. The Morgan fingerprint density at radius 2 is 2.22 bits per heavy atom. The molecule has 10 heteroatoms. The number of hydrogen-bond donors (Lipinski definition) is 0. The summed E-state index contributed by atoms with van der Waals surface area (Å²) in [5, 5.41) is 20.2. The zero-order valence-corrected chi connectivity index (χ0v) is 10.7. The van der Waals surface area contributed by atoms with Gasteiger partial charge in [-0.2, -0.15) is 5.10 Å². The van der Waals surface area contributed by atoms with Crippen molar-refractivity contribution in [3.63, 3.8) is 0 Å². The second kappa shape index (κ2) is 4.10. The minimum atomic E-state index is -0.264. The minimum Gasteiger partial charge on any atom is -0.267 e. The molecule has 0 bridgehead atoms. The van der Waals surface area contributed by atoms with Gasteiger partial charge in [-0.3, -0.25) is 4.79 Å². The SMILES string of the molecule is Cn1ncc2c(=O)n(Cc3nnc(Cl)s3)nnc21. The van der Waals surface area contributed by atoms with E-state index >= 15 is 0 Å². The van der Waals surface area contributed by atoms with Crippen LogP contribution in [0, 0.1) is 0 Å². The molecule has 0 aliphatic rings. The molecule has 92 valence electrons. The van der Waals surface area contributed by atoms with E-state index in [9.17, 15) is 4.79 Å². The van der Waals surface area contributed by atoms with Crippen molar-refractivity contribution in [1.82, 2.24) is 35.0 Å². The predicted octanol–water partition coefficient (Wildman–Crippen LogP) is 0.0782. The lowest BCUT2D eigenvalue weighted by Gasteiger charge is -1.99. The van der Waals surface area contributed by atoms with Crippen molar-refractivity contribution >= 4 is 34.0 Å². The van der Waals surface area contributed by atoms with Crippen molar-refractivity contribution < 1.29 is 0 Å². The average Bonchev–Trinajstić information content (AvgIpc) is 2.91. The summed E-state index contributed by atoms with van der Waals surface area (Å²) in [7, 11) is 1.70. The predicted molar refractivity (Wildman–Crippen MR) is 64.6 cm³/mol. The lowest BCUT2D eigenvalue weighted by Crippen LogP contribution is -2.24. The van der Waals surface area contributed by atoms with Crippen LogP contribution < -0.4 is 5.56 Å². The van der Waals surface area contributed by atoms with Crippen LogP contribution in [0.2, 0.25) is 4.47 Å². The molecule has 18 heavy (non-hydrogen) atoms. The molecule has 0 aliphatic carbocycles. The largest absolute Gasteiger partial charge is 0.281 e. The van der Waals surface area contributed by atoms with E-state index < -0.39 is 0 Å². The monoisotopic (exact) mass is 283 g/mol. The van der Waals surface area contributed by atoms with Crippen molar-refractivity contribution in [1.29, 1.82) is 0 Å². The molecule has 8 nitrogen and oxygen atoms in total. The standard InChI is InChI=1S/C8H6ClN7OS/c1-15-6-4(2-10-15)7(17)16(14-12-6)3-5-11-13-8(9)18-5/h2H,3H2,1H3. The summed E-state index contributed by atoms with van der Waals surface area (Å²) in [6, 6.07) is 0. The molecule has 0 saturated carbocycles. The molecule has 0 spiro atoms. The fraction of sp³-hybridized carbons (Fsp3) is 0.250. The molecule has 0 unspecified atom stereocenters. The van der Waals surface area contributed by atoms with Gasteiger partial charge in [-0.15, -0.1) is 15.3 Å². The van der Waals surface area contributed by atoms with E-state index in [2.05, 4.69) is 25.6 Å². The summed E-state index contributed by atoms with van der Waals surface area (Å²) in [5.41, 5.74) is 0.186. The maximum atomic E-state index is 12.1. The van der Waals surface area contributed by atoms with Gasteiger partial charge in [0.05, 0.1) is 6.20 Å². The van der Waals surface area contributed by atoms with Crippen LogP contribution in [-0.2, 0) is 13.6 Å². The molecule has 3 rings (SSSR count). The van der Waals surface area contributed by atoms with Gasteiger partial charge in [0.25, 0.3) is 5.56 Å². The molecular weight excluding hydrogens is 278 g/mol. The van der Waals surface area contributed by atoms with Crippen LogP contribution in [-0.4, -0.2) is 35.0 Å². The second-order valence-electron chi connectivity index (χ2n) is 3.51. The van der Waals surface area contributed by atoms with Crippen LogP contribution in [0.25, 0.3) is 11.0 Å². The van der Waals surface area contributed by atoms with Gasteiger partial charge in [-0.1, -0.05) is 16.6 Å². The summed E-state index contributed by atoms with van der Waals surface area (Å²) in [4.78, 5) is 12.1. The zero-order valence-electron chi connectivity index (χ0n) is 9.11. The number of aryl methyl sites for hydroxylation is 1. The fourth-order valence-corrected chi connectivity index (χ4v) is 2.35. The van der Waals surface area contributed by atoms with Crippen LogP contribution in [0.5, 0.6) is 0 Å².